The highest BCUT2D eigenvalue weighted by atomic mass is 35.5. The van der Waals surface area contributed by atoms with Crippen LogP contribution in [0.15, 0.2) is 66.7 Å². The maximum Gasteiger partial charge on any atom is 0.270 e. The largest absolute Gasteiger partial charge is 0.368 e. The van der Waals surface area contributed by atoms with E-state index in [4.69, 9.17) is 11.6 Å². The number of nitrogens with one attached hydrogen (secondary N) is 1. The molecule has 3 aromatic carbocycles. The summed E-state index contributed by atoms with van der Waals surface area (Å²) in [6.07, 6.45) is 0. The number of carbonyl (C=O) groups excluding carboxylic acids is 2. The first-order valence-electron chi connectivity index (χ1n) is 10.5. The van der Waals surface area contributed by atoms with Gasteiger partial charge in [-0.25, -0.2) is 4.39 Å². The number of non-ortho nitro benzene ring substituents is 1. The zero-order valence-electron chi connectivity index (χ0n) is 17.9. The molecule has 0 aromatic heterocycles. The van der Waals surface area contributed by atoms with Crippen LogP contribution < -0.4 is 10.2 Å². The predicted molar refractivity (Wildman–Crippen MR) is 127 cm³/mol. The molecule has 1 aliphatic heterocycles. The molecule has 4 rings (SSSR count). The second kappa shape index (κ2) is 9.88. The van der Waals surface area contributed by atoms with E-state index in [-0.39, 0.29) is 27.7 Å². The van der Waals surface area contributed by atoms with Crippen molar-refractivity contribution in [3.8, 4) is 0 Å². The summed E-state index contributed by atoms with van der Waals surface area (Å²) in [5.41, 5.74) is 1.27. The van der Waals surface area contributed by atoms with E-state index >= 15 is 0 Å². The zero-order chi connectivity index (χ0) is 24.2. The molecule has 1 aliphatic rings. The predicted octanol–water partition coefficient (Wildman–Crippen LogP) is 4.60. The summed E-state index contributed by atoms with van der Waals surface area (Å²) in [4.78, 5) is 39.2. The normalized spacial score (nSPS) is 13.5. The third-order valence-corrected chi connectivity index (χ3v) is 5.90. The number of rotatable bonds is 5. The summed E-state index contributed by atoms with van der Waals surface area (Å²) >= 11 is 6.03. The van der Waals surface area contributed by atoms with Crippen LogP contribution in [0, 0.1) is 15.9 Å². The van der Waals surface area contributed by atoms with Crippen molar-refractivity contribution in [1.29, 1.82) is 0 Å². The summed E-state index contributed by atoms with van der Waals surface area (Å²) in [5, 5.41) is 13.8. The Morgan fingerprint density at radius 2 is 1.62 bits per heavy atom. The van der Waals surface area contributed by atoms with Crippen molar-refractivity contribution in [2.75, 3.05) is 36.4 Å². The molecule has 1 heterocycles. The number of hydrogen-bond acceptors (Lipinski definition) is 5. The first-order chi connectivity index (χ1) is 16.3. The van der Waals surface area contributed by atoms with Gasteiger partial charge in [0.15, 0.2) is 0 Å². The molecule has 0 aliphatic carbocycles. The third kappa shape index (κ3) is 4.99. The lowest BCUT2D eigenvalue weighted by Gasteiger charge is -2.36. The van der Waals surface area contributed by atoms with Gasteiger partial charge in [0.1, 0.15) is 5.82 Å². The van der Waals surface area contributed by atoms with E-state index in [0.717, 1.165) is 11.8 Å². The van der Waals surface area contributed by atoms with Gasteiger partial charge in [-0.2, -0.15) is 0 Å². The Hall–Kier alpha value is -3.98. The molecule has 0 radical (unpaired) electrons. The Morgan fingerprint density at radius 1 is 0.941 bits per heavy atom. The maximum absolute atomic E-state index is 13.9. The molecular formula is C24H20ClFN4O4. The van der Waals surface area contributed by atoms with Crippen LogP contribution in [0.4, 0.5) is 21.5 Å². The lowest BCUT2D eigenvalue weighted by atomic mass is 10.1. The van der Waals surface area contributed by atoms with E-state index in [9.17, 15) is 24.1 Å². The first-order valence-corrected chi connectivity index (χ1v) is 10.9. The molecule has 3 aromatic rings. The SMILES string of the molecule is O=C(Nc1ccc(N2CCN(C(=O)c3ccccc3F)CC2)cc1)c1cc([N+](=O)[O-])ccc1Cl. The quantitative estimate of drug-likeness (QED) is 0.423. The second-order valence-electron chi connectivity index (χ2n) is 7.68. The average Bonchev–Trinajstić information content (AvgIpc) is 2.84. The minimum Gasteiger partial charge on any atom is -0.368 e. The van der Waals surface area contributed by atoms with Gasteiger partial charge < -0.3 is 15.1 Å². The molecular weight excluding hydrogens is 463 g/mol. The van der Waals surface area contributed by atoms with Crippen LogP contribution in [0.5, 0.6) is 0 Å². The number of anilines is 2. The summed E-state index contributed by atoms with van der Waals surface area (Å²) in [6, 6.07) is 16.7. The number of piperazine rings is 1. The number of amides is 2. The summed E-state index contributed by atoms with van der Waals surface area (Å²) in [7, 11) is 0. The molecule has 8 nitrogen and oxygen atoms in total. The molecule has 0 saturated carbocycles. The highest BCUT2D eigenvalue weighted by Crippen LogP contribution is 2.25. The Labute approximate surface area is 199 Å². The molecule has 1 saturated heterocycles. The van der Waals surface area contributed by atoms with Crippen molar-refractivity contribution >= 4 is 40.5 Å². The maximum atomic E-state index is 13.9. The average molecular weight is 483 g/mol. The third-order valence-electron chi connectivity index (χ3n) is 5.57. The molecule has 0 bridgehead atoms. The van der Waals surface area contributed by atoms with Gasteiger partial charge in [0, 0.05) is 49.7 Å². The van der Waals surface area contributed by atoms with Gasteiger partial charge in [0.25, 0.3) is 17.5 Å². The number of benzene rings is 3. The van der Waals surface area contributed by atoms with Crippen LogP contribution >= 0.6 is 11.6 Å². The molecule has 2 amide bonds. The van der Waals surface area contributed by atoms with Gasteiger partial charge in [-0.1, -0.05) is 23.7 Å². The molecule has 1 fully saturated rings. The molecule has 34 heavy (non-hydrogen) atoms. The van der Waals surface area contributed by atoms with E-state index in [0.29, 0.717) is 31.9 Å². The summed E-state index contributed by atoms with van der Waals surface area (Å²) in [6.45, 7) is 2.07. The van der Waals surface area contributed by atoms with E-state index in [1.165, 1.54) is 24.3 Å². The minimum atomic E-state index is -0.592. The fourth-order valence-corrected chi connectivity index (χ4v) is 3.93. The van der Waals surface area contributed by atoms with Crippen LogP contribution in [-0.2, 0) is 0 Å². The lowest BCUT2D eigenvalue weighted by Crippen LogP contribution is -2.49. The van der Waals surface area contributed by atoms with Crippen molar-refractivity contribution in [2.45, 2.75) is 0 Å². The number of nitrogens with zero attached hydrogens (tertiary/aromatic N) is 3. The van der Waals surface area contributed by atoms with Gasteiger partial charge >= 0.3 is 0 Å². The number of nitro benzene ring substituents is 1. The Bertz CT molecular complexity index is 1240. The Kier molecular flexibility index (Phi) is 6.74. The van der Waals surface area contributed by atoms with Crippen LogP contribution in [-0.4, -0.2) is 47.8 Å². The van der Waals surface area contributed by atoms with Crippen molar-refractivity contribution in [3.05, 3.63) is 98.8 Å². The van der Waals surface area contributed by atoms with Gasteiger partial charge in [-0.3, -0.25) is 19.7 Å². The van der Waals surface area contributed by atoms with Crippen molar-refractivity contribution in [1.82, 2.24) is 4.90 Å². The van der Waals surface area contributed by atoms with E-state index < -0.39 is 16.6 Å². The molecule has 0 unspecified atom stereocenters. The second-order valence-corrected chi connectivity index (χ2v) is 8.09. The van der Waals surface area contributed by atoms with Gasteiger partial charge in [-0.05, 0) is 42.5 Å². The summed E-state index contributed by atoms with van der Waals surface area (Å²) in [5.74, 6) is -1.41. The topological polar surface area (TPSA) is 95.8 Å². The van der Waals surface area contributed by atoms with Crippen LogP contribution in [0.1, 0.15) is 20.7 Å². The van der Waals surface area contributed by atoms with Crippen LogP contribution in [0.25, 0.3) is 0 Å². The molecule has 1 N–H and O–H groups in total. The summed E-state index contributed by atoms with van der Waals surface area (Å²) < 4.78 is 13.9. The fraction of sp³-hybridized carbons (Fsp3) is 0.167. The van der Waals surface area contributed by atoms with Crippen molar-refractivity contribution < 1.29 is 18.9 Å². The Balaban J connectivity index is 1.37. The molecule has 0 spiro atoms. The highest BCUT2D eigenvalue weighted by Gasteiger charge is 2.24. The fourth-order valence-electron chi connectivity index (χ4n) is 3.73. The van der Waals surface area contributed by atoms with E-state index in [1.807, 2.05) is 12.1 Å². The van der Waals surface area contributed by atoms with E-state index in [1.54, 1.807) is 29.2 Å². The number of hydrogen-bond donors (Lipinski definition) is 1. The number of halogens is 2. The highest BCUT2D eigenvalue weighted by molar-refractivity contribution is 6.34. The van der Waals surface area contributed by atoms with Gasteiger partial charge in [0.2, 0.25) is 0 Å². The number of nitro groups is 1. The molecule has 0 atom stereocenters. The number of carbonyl (C=O) groups is 2. The van der Waals surface area contributed by atoms with Crippen molar-refractivity contribution in [3.63, 3.8) is 0 Å². The Morgan fingerprint density at radius 3 is 2.26 bits per heavy atom. The van der Waals surface area contributed by atoms with Gasteiger partial charge in [0.05, 0.1) is 21.1 Å². The smallest absolute Gasteiger partial charge is 0.270 e. The standard InChI is InChI=1S/C24H20ClFN4O4/c25-21-10-9-18(30(33)34)15-20(21)23(31)27-16-5-7-17(8-6-16)28-11-13-29(14-12-28)24(32)19-3-1-2-4-22(19)26/h1-10,15H,11-14H2,(H,27,31). The molecule has 174 valence electrons. The van der Waals surface area contributed by atoms with Crippen LogP contribution in [0.2, 0.25) is 5.02 Å². The first kappa shape index (κ1) is 23.2. The van der Waals surface area contributed by atoms with Crippen molar-refractivity contribution in [2.24, 2.45) is 0 Å². The molecule has 10 heteroatoms. The monoisotopic (exact) mass is 482 g/mol. The lowest BCUT2D eigenvalue weighted by molar-refractivity contribution is -0.384. The van der Waals surface area contributed by atoms with Gasteiger partial charge in [-0.15, -0.1) is 0 Å². The minimum absolute atomic E-state index is 0.00980. The zero-order valence-corrected chi connectivity index (χ0v) is 18.7. The van der Waals surface area contributed by atoms with E-state index in [2.05, 4.69) is 10.2 Å². The van der Waals surface area contributed by atoms with Crippen LogP contribution in [0.3, 0.4) is 0 Å².